The molecule has 0 saturated carbocycles. The number of halogens is 1. The van der Waals surface area contributed by atoms with Gasteiger partial charge in [-0.1, -0.05) is 30.7 Å². The number of ether oxygens (including phenoxy) is 1. The van der Waals surface area contributed by atoms with Gasteiger partial charge < -0.3 is 15.4 Å². The minimum absolute atomic E-state index is 0.0692. The fourth-order valence-electron chi connectivity index (χ4n) is 1.82. The molecule has 8 nitrogen and oxygen atoms in total. The molecule has 0 aliphatic heterocycles. The largest absolute Gasteiger partial charge is 0.495 e. The highest BCUT2D eigenvalue weighted by Crippen LogP contribution is 2.27. The fraction of sp³-hybridized carbons (Fsp3) is 0.333. The Kier molecular flexibility index (Phi) is 5.75. The van der Waals surface area contributed by atoms with E-state index in [4.69, 9.17) is 16.3 Å². The molecule has 24 heavy (non-hydrogen) atoms. The van der Waals surface area contributed by atoms with Crippen molar-refractivity contribution in [2.45, 2.75) is 20.4 Å². The molecule has 0 unspecified atom stereocenters. The molecule has 0 bridgehead atoms. The second-order valence-electron chi connectivity index (χ2n) is 5.34. The van der Waals surface area contributed by atoms with Gasteiger partial charge in [-0.2, -0.15) is 0 Å². The maximum absolute atomic E-state index is 12.1. The summed E-state index contributed by atoms with van der Waals surface area (Å²) in [5.74, 6) is 0.115. The van der Waals surface area contributed by atoms with E-state index in [1.165, 1.54) is 18.0 Å². The average Bonchev–Trinajstić information content (AvgIpc) is 2.94. The fourth-order valence-corrected chi connectivity index (χ4v) is 1.99. The number of nitrogens with zero attached hydrogens (tertiary/aromatic N) is 3. The van der Waals surface area contributed by atoms with Gasteiger partial charge in [-0.3, -0.25) is 9.59 Å². The summed E-state index contributed by atoms with van der Waals surface area (Å²) >= 11 is 5.92. The third-order valence-electron chi connectivity index (χ3n) is 3.06. The van der Waals surface area contributed by atoms with Crippen LogP contribution in [-0.2, 0) is 16.1 Å². The van der Waals surface area contributed by atoms with E-state index in [0.717, 1.165) is 0 Å². The van der Waals surface area contributed by atoms with Crippen molar-refractivity contribution >= 4 is 34.9 Å². The Morgan fingerprint density at radius 2 is 2.08 bits per heavy atom. The molecule has 9 heteroatoms. The van der Waals surface area contributed by atoms with Crippen LogP contribution < -0.4 is 15.4 Å². The van der Waals surface area contributed by atoms with E-state index >= 15 is 0 Å². The van der Waals surface area contributed by atoms with Gasteiger partial charge in [0.1, 0.15) is 12.3 Å². The molecule has 0 aliphatic rings. The summed E-state index contributed by atoms with van der Waals surface area (Å²) in [6.07, 6.45) is 1.48. The third kappa shape index (κ3) is 4.69. The van der Waals surface area contributed by atoms with Gasteiger partial charge in [-0.15, -0.1) is 5.10 Å². The number of carbonyl (C=O) groups is 2. The lowest BCUT2D eigenvalue weighted by Gasteiger charge is -2.10. The summed E-state index contributed by atoms with van der Waals surface area (Å²) in [5, 5.41) is 13.4. The van der Waals surface area contributed by atoms with Crippen molar-refractivity contribution in [1.29, 1.82) is 0 Å². The first-order valence-corrected chi connectivity index (χ1v) is 7.61. The number of benzene rings is 1. The number of carbonyl (C=O) groups excluding carboxylic acids is 2. The van der Waals surface area contributed by atoms with Gasteiger partial charge in [0, 0.05) is 10.9 Å². The lowest BCUT2D eigenvalue weighted by molar-refractivity contribution is -0.119. The summed E-state index contributed by atoms with van der Waals surface area (Å²) in [5.41, 5.74) is 0.462. The monoisotopic (exact) mass is 351 g/mol. The second kappa shape index (κ2) is 7.78. The highest BCUT2D eigenvalue weighted by atomic mass is 35.5. The molecule has 2 N–H and O–H groups in total. The number of rotatable bonds is 6. The van der Waals surface area contributed by atoms with Crippen molar-refractivity contribution in [3.05, 3.63) is 29.4 Å². The van der Waals surface area contributed by atoms with Crippen LogP contribution in [0.1, 0.15) is 13.8 Å². The molecule has 2 rings (SSSR count). The van der Waals surface area contributed by atoms with Crippen LogP contribution in [-0.4, -0.2) is 33.9 Å². The zero-order valence-corrected chi connectivity index (χ0v) is 14.3. The van der Waals surface area contributed by atoms with E-state index in [-0.39, 0.29) is 24.3 Å². The maximum Gasteiger partial charge on any atom is 0.246 e. The normalized spacial score (nSPS) is 10.5. The highest BCUT2D eigenvalue weighted by Gasteiger charge is 2.12. The van der Waals surface area contributed by atoms with Gasteiger partial charge in [0.25, 0.3) is 0 Å². The van der Waals surface area contributed by atoms with E-state index in [0.29, 0.717) is 22.3 Å². The number of amides is 2. The quantitative estimate of drug-likeness (QED) is 0.831. The summed E-state index contributed by atoms with van der Waals surface area (Å²) in [6.45, 7) is 3.47. The summed E-state index contributed by atoms with van der Waals surface area (Å²) in [7, 11) is 1.50. The van der Waals surface area contributed by atoms with Crippen LogP contribution in [0.25, 0.3) is 0 Å². The van der Waals surface area contributed by atoms with Gasteiger partial charge in [-0.25, -0.2) is 4.68 Å². The van der Waals surface area contributed by atoms with Crippen LogP contribution >= 0.6 is 11.6 Å². The zero-order chi connectivity index (χ0) is 17.7. The summed E-state index contributed by atoms with van der Waals surface area (Å²) < 4.78 is 6.49. The Bertz CT molecular complexity index is 744. The first kappa shape index (κ1) is 17.7. The predicted molar refractivity (Wildman–Crippen MR) is 90.1 cm³/mol. The number of hydrogen-bond acceptors (Lipinski definition) is 5. The Morgan fingerprint density at radius 1 is 1.33 bits per heavy atom. The zero-order valence-electron chi connectivity index (χ0n) is 13.5. The topological polar surface area (TPSA) is 98.1 Å². The molecule has 2 amide bonds. The van der Waals surface area contributed by atoms with Crippen molar-refractivity contribution in [1.82, 2.24) is 15.0 Å². The molecule has 0 aliphatic carbocycles. The van der Waals surface area contributed by atoms with Gasteiger partial charge >= 0.3 is 0 Å². The summed E-state index contributed by atoms with van der Waals surface area (Å²) in [6, 6.07) is 4.91. The van der Waals surface area contributed by atoms with Crippen LogP contribution in [0.3, 0.4) is 0 Å². The molecule has 0 saturated heterocycles. The van der Waals surface area contributed by atoms with Gasteiger partial charge in [-0.05, 0) is 18.2 Å². The smallest absolute Gasteiger partial charge is 0.246 e. The first-order chi connectivity index (χ1) is 11.4. The molecule has 0 spiro atoms. The highest BCUT2D eigenvalue weighted by molar-refractivity contribution is 6.31. The van der Waals surface area contributed by atoms with E-state index in [1.54, 1.807) is 32.0 Å². The Balaban J connectivity index is 1.99. The average molecular weight is 352 g/mol. The standard InChI is InChI=1S/C15H18ClN5O3/c1-9(2)15(23)18-13-7-21(20-19-13)8-14(22)17-11-6-10(16)4-5-12(11)24-3/h4-7,9H,8H2,1-3H3,(H,17,22)(H,18,23). The molecule has 128 valence electrons. The lowest BCUT2D eigenvalue weighted by atomic mass is 10.2. The van der Waals surface area contributed by atoms with Crippen LogP contribution in [0.2, 0.25) is 5.02 Å². The van der Waals surface area contributed by atoms with E-state index in [2.05, 4.69) is 20.9 Å². The number of methoxy groups -OCH3 is 1. The molecule has 2 aromatic rings. The number of anilines is 2. The minimum atomic E-state index is -0.331. The van der Waals surface area contributed by atoms with Gasteiger partial charge in [0.05, 0.1) is 19.0 Å². The van der Waals surface area contributed by atoms with Crippen LogP contribution in [0.15, 0.2) is 24.4 Å². The van der Waals surface area contributed by atoms with Crippen molar-refractivity contribution in [2.24, 2.45) is 5.92 Å². The van der Waals surface area contributed by atoms with E-state index in [1.807, 2.05) is 0 Å². The predicted octanol–water partition coefficient (Wildman–Crippen LogP) is 2.17. The maximum atomic E-state index is 12.1. The molecule has 1 heterocycles. The molecule has 0 fully saturated rings. The van der Waals surface area contributed by atoms with E-state index in [9.17, 15) is 9.59 Å². The number of aromatic nitrogens is 3. The van der Waals surface area contributed by atoms with Crippen LogP contribution in [0.5, 0.6) is 5.75 Å². The van der Waals surface area contributed by atoms with Gasteiger partial charge in [0.15, 0.2) is 5.82 Å². The molecular formula is C15H18ClN5O3. The molecular weight excluding hydrogens is 334 g/mol. The summed E-state index contributed by atoms with van der Waals surface area (Å²) in [4.78, 5) is 23.7. The Labute approximate surface area is 144 Å². The first-order valence-electron chi connectivity index (χ1n) is 7.23. The molecule has 0 radical (unpaired) electrons. The molecule has 0 atom stereocenters. The van der Waals surface area contributed by atoms with Crippen molar-refractivity contribution < 1.29 is 14.3 Å². The Hall–Kier alpha value is -2.61. The lowest BCUT2D eigenvalue weighted by Crippen LogP contribution is -2.19. The van der Waals surface area contributed by atoms with Gasteiger partial charge in [0.2, 0.25) is 11.8 Å². The van der Waals surface area contributed by atoms with Crippen LogP contribution in [0.4, 0.5) is 11.5 Å². The van der Waals surface area contributed by atoms with Crippen molar-refractivity contribution in [3.8, 4) is 5.75 Å². The molecule has 1 aromatic carbocycles. The number of nitrogens with one attached hydrogen (secondary N) is 2. The SMILES string of the molecule is COc1ccc(Cl)cc1NC(=O)Cn1cc(NC(=O)C(C)C)nn1. The van der Waals surface area contributed by atoms with Crippen LogP contribution in [0, 0.1) is 5.92 Å². The Morgan fingerprint density at radius 3 is 2.75 bits per heavy atom. The number of hydrogen-bond donors (Lipinski definition) is 2. The third-order valence-corrected chi connectivity index (χ3v) is 3.29. The van der Waals surface area contributed by atoms with Crippen molar-refractivity contribution in [3.63, 3.8) is 0 Å². The second-order valence-corrected chi connectivity index (χ2v) is 5.77. The van der Waals surface area contributed by atoms with E-state index < -0.39 is 0 Å². The minimum Gasteiger partial charge on any atom is -0.495 e. The molecule has 1 aromatic heterocycles. The van der Waals surface area contributed by atoms with Crippen molar-refractivity contribution in [2.75, 3.05) is 17.7 Å².